The zero-order valence-electron chi connectivity index (χ0n) is 22.7. The van der Waals surface area contributed by atoms with E-state index in [1.165, 1.54) is 67.6 Å². The molecule has 0 fully saturated rings. The molecule has 0 spiro atoms. The largest absolute Gasteiger partial charge is 0.460 e. The Morgan fingerprint density at radius 3 is 1.33 bits per heavy atom. The first kappa shape index (κ1) is 32.6. The molecule has 3 aromatic rings. The number of carbonyl (C=O) groups is 2. The molecule has 0 aliphatic heterocycles. The van der Waals surface area contributed by atoms with E-state index in [1.54, 1.807) is 6.07 Å². The van der Waals surface area contributed by atoms with Crippen molar-refractivity contribution in [2.45, 2.75) is 49.1 Å². The first-order valence-corrected chi connectivity index (χ1v) is 12.6. The first-order valence-electron chi connectivity index (χ1n) is 12.6. The predicted molar refractivity (Wildman–Crippen MR) is 138 cm³/mol. The molecule has 6 nitrogen and oxygen atoms in total. The quantitative estimate of drug-likeness (QED) is 0.179. The summed E-state index contributed by atoms with van der Waals surface area (Å²) in [5, 5.41) is 0. The summed E-state index contributed by atoms with van der Waals surface area (Å²) < 4.78 is 106. The van der Waals surface area contributed by atoms with Crippen molar-refractivity contribution in [3.05, 3.63) is 108 Å². The lowest BCUT2D eigenvalue weighted by Crippen LogP contribution is -2.52. The summed E-state index contributed by atoms with van der Waals surface area (Å²) in [7, 11) is 1.40. The maximum atomic E-state index is 14.4. The van der Waals surface area contributed by atoms with Crippen LogP contribution >= 0.6 is 0 Å². The van der Waals surface area contributed by atoms with Crippen molar-refractivity contribution in [3.8, 4) is 0 Å². The number of halogens is 6. The number of ether oxygens (including phenoxy) is 4. The first-order chi connectivity index (χ1) is 19.7. The van der Waals surface area contributed by atoms with Gasteiger partial charge in [-0.05, 0) is 12.5 Å². The molecule has 0 aromatic heterocycles. The monoisotopic (exact) mass is 598 g/mol. The molecular formula is C30H28F6O6. The zero-order valence-corrected chi connectivity index (χ0v) is 22.7. The zero-order chi connectivity index (χ0) is 31.2. The number of carbonyl (C=O) groups excluding carboxylic acids is 2. The Labute approximate surface area is 238 Å². The van der Waals surface area contributed by atoms with E-state index in [2.05, 4.69) is 0 Å². The molecule has 0 aliphatic rings. The van der Waals surface area contributed by atoms with Gasteiger partial charge < -0.3 is 18.9 Å². The van der Waals surface area contributed by atoms with E-state index in [0.29, 0.717) is 14.2 Å². The van der Waals surface area contributed by atoms with E-state index in [9.17, 15) is 35.9 Å². The molecule has 0 radical (unpaired) electrons. The normalized spacial score (nSPS) is 16.4. The van der Waals surface area contributed by atoms with Crippen molar-refractivity contribution >= 4 is 11.9 Å². The summed E-state index contributed by atoms with van der Waals surface area (Å²) in [6, 6.07) is 19.7. The Morgan fingerprint density at radius 1 is 0.619 bits per heavy atom. The molecule has 4 atom stereocenters. The van der Waals surface area contributed by atoms with Crippen LogP contribution in [0.5, 0.6) is 0 Å². The molecule has 0 amide bonds. The lowest BCUT2D eigenvalue weighted by Gasteiger charge is -2.35. The van der Waals surface area contributed by atoms with Crippen molar-refractivity contribution in [2.75, 3.05) is 14.2 Å². The molecule has 0 heterocycles. The topological polar surface area (TPSA) is 71.1 Å². The number of methoxy groups -OCH3 is 2. The van der Waals surface area contributed by atoms with Gasteiger partial charge in [0.15, 0.2) is 0 Å². The van der Waals surface area contributed by atoms with Crippen molar-refractivity contribution < 1.29 is 54.9 Å². The number of benzene rings is 3. The Bertz CT molecular complexity index is 1320. The highest BCUT2D eigenvalue weighted by molar-refractivity contribution is 5.83. The fraction of sp³-hybridized carbons (Fsp3) is 0.333. The van der Waals surface area contributed by atoms with Crippen LogP contribution in [-0.2, 0) is 39.7 Å². The molecule has 2 unspecified atom stereocenters. The fourth-order valence-electron chi connectivity index (χ4n) is 4.52. The van der Waals surface area contributed by atoms with Gasteiger partial charge in [-0.3, -0.25) is 0 Å². The van der Waals surface area contributed by atoms with Gasteiger partial charge in [0.1, 0.15) is 12.2 Å². The number of esters is 2. The van der Waals surface area contributed by atoms with Crippen molar-refractivity contribution in [3.63, 3.8) is 0 Å². The van der Waals surface area contributed by atoms with Crippen LogP contribution in [0.25, 0.3) is 0 Å². The minimum atomic E-state index is -5.26. The van der Waals surface area contributed by atoms with Crippen LogP contribution in [0.2, 0.25) is 0 Å². The second kappa shape index (κ2) is 13.0. The molecule has 0 bridgehead atoms. The second-order valence-corrected chi connectivity index (χ2v) is 9.25. The summed E-state index contributed by atoms with van der Waals surface area (Å²) in [6.07, 6.45) is -13.9. The molecule has 0 saturated heterocycles. The van der Waals surface area contributed by atoms with E-state index in [-0.39, 0.29) is 5.56 Å². The maximum absolute atomic E-state index is 14.4. The van der Waals surface area contributed by atoms with Crippen LogP contribution in [0, 0.1) is 0 Å². The van der Waals surface area contributed by atoms with Gasteiger partial charge >= 0.3 is 24.3 Å². The van der Waals surface area contributed by atoms with Gasteiger partial charge in [0.05, 0.1) is 0 Å². The third-order valence-corrected chi connectivity index (χ3v) is 6.62. The van der Waals surface area contributed by atoms with E-state index < -0.39 is 65.2 Å². The number of hydrogen-bond acceptors (Lipinski definition) is 6. The Balaban J connectivity index is 1.96. The van der Waals surface area contributed by atoms with Crippen LogP contribution in [0.15, 0.2) is 91.0 Å². The highest BCUT2D eigenvalue weighted by atomic mass is 19.4. The number of hydrogen-bond donors (Lipinski definition) is 0. The highest BCUT2D eigenvalue weighted by Crippen LogP contribution is 2.45. The van der Waals surface area contributed by atoms with Crippen molar-refractivity contribution in [2.24, 2.45) is 0 Å². The van der Waals surface area contributed by atoms with Gasteiger partial charge in [0.25, 0.3) is 11.2 Å². The van der Waals surface area contributed by atoms with Gasteiger partial charge in [0.2, 0.25) is 0 Å². The van der Waals surface area contributed by atoms with Crippen molar-refractivity contribution in [1.82, 2.24) is 0 Å². The standard InChI is InChI=1S/C30H28F6O6/c1-20(41-25(37)27(39-2,29(31,32)33)22-15-9-5-10-16-22)19-24(21-13-7-4-8-14-21)42-26(38)28(40-3,30(34,35)36)23-17-11-6-12-18-23/h4-18,20,24H,19H2,1-3H3/t20-,24-,27?,28?/m0/s1. The molecule has 226 valence electrons. The summed E-state index contributed by atoms with van der Waals surface area (Å²) in [5.41, 5.74) is -7.90. The van der Waals surface area contributed by atoms with Crippen LogP contribution in [-0.4, -0.2) is 44.6 Å². The molecule has 42 heavy (non-hydrogen) atoms. The van der Waals surface area contributed by atoms with Gasteiger partial charge in [-0.15, -0.1) is 0 Å². The lowest BCUT2D eigenvalue weighted by molar-refractivity contribution is -0.279. The van der Waals surface area contributed by atoms with Gasteiger partial charge in [0, 0.05) is 31.8 Å². The Kier molecular flexibility index (Phi) is 10.1. The molecule has 12 heteroatoms. The maximum Gasteiger partial charge on any atom is 0.432 e. The third-order valence-electron chi connectivity index (χ3n) is 6.62. The second-order valence-electron chi connectivity index (χ2n) is 9.25. The van der Waals surface area contributed by atoms with Gasteiger partial charge in [-0.1, -0.05) is 91.0 Å². The minimum Gasteiger partial charge on any atom is -0.460 e. The predicted octanol–water partition coefficient (Wildman–Crippen LogP) is 6.80. The molecule has 3 aromatic carbocycles. The molecular weight excluding hydrogens is 570 g/mol. The average molecular weight is 599 g/mol. The van der Waals surface area contributed by atoms with E-state index in [1.807, 2.05) is 0 Å². The van der Waals surface area contributed by atoms with Gasteiger partial charge in [-0.25, -0.2) is 9.59 Å². The molecule has 0 N–H and O–H groups in total. The molecule has 0 saturated carbocycles. The SMILES string of the molecule is COC(C(=O)O[C@@H](C[C@H](C)OC(=O)C(OC)(c1ccccc1)C(F)(F)F)c1ccccc1)(c1ccccc1)C(F)(F)F. The van der Waals surface area contributed by atoms with E-state index in [0.717, 1.165) is 24.3 Å². The number of alkyl halides is 6. The lowest BCUT2D eigenvalue weighted by atomic mass is 9.92. The van der Waals surface area contributed by atoms with E-state index in [4.69, 9.17) is 18.9 Å². The molecule has 0 aliphatic carbocycles. The number of rotatable bonds is 11. The summed E-state index contributed by atoms with van der Waals surface area (Å²) in [6.45, 7) is 1.22. The Hall–Kier alpha value is -3.90. The van der Waals surface area contributed by atoms with Crippen LogP contribution < -0.4 is 0 Å². The average Bonchev–Trinajstić information content (AvgIpc) is 2.94. The third kappa shape index (κ3) is 6.29. The van der Waals surface area contributed by atoms with E-state index >= 15 is 0 Å². The summed E-state index contributed by atoms with van der Waals surface area (Å²) >= 11 is 0. The summed E-state index contributed by atoms with van der Waals surface area (Å²) in [4.78, 5) is 26.4. The highest BCUT2D eigenvalue weighted by Gasteiger charge is 2.65. The van der Waals surface area contributed by atoms with Crippen LogP contribution in [0.4, 0.5) is 26.3 Å². The van der Waals surface area contributed by atoms with Crippen LogP contribution in [0.3, 0.4) is 0 Å². The minimum absolute atomic E-state index is 0.200. The summed E-state index contributed by atoms with van der Waals surface area (Å²) in [5.74, 6) is -3.62. The molecule has 3 rings (SSSR count). The van der Waals surface area contributed by atoms with Crippen LogP contribution in [0.1, 0.15) is 36.1 Å². The van der Waals surface area contributed by atoms with Crippen molar-refractivity contribution in [1.29, 1.82) is 0 Å². The smallest absolute Gasteiger partial charge is 0.432 e. The van der Waals surface area contributed by atoms with Gasteiger partial charge in [-0.2, -0.15) is 26.3 Å². The Morgan fingerprint density at radius 2 is 0.976 bits per heavy atom. The fourth-order valence-corrected chi connectivity index (χ4v) is 4.52.